The average Bonchev–Trinajstić information content (AvgIpc) is 2.59. The Bertz CT molecular complexity index is 510. The minimum atomic E-state index is -3.28. The molecule has 0 amide bonds. The average molecular weight is 234 g/mol. The van der Waals surface area contributed by atoms with Crippen molar-refractivity contribution in [2.24, 2.45) is 0 Å². The second-order valence-corrected chi connectivity index (χ2v) is 5.74. The maximum absolute atomic E-state index is 12.2. The topological polar surface area (TPSA) is 34.1 Å². The standard InChI is InChI=1S/C13H14O2S/c14-16(15,13-10-6-3-7-11-13)12-8-4-1-2-5-9-12/h1,3-4,6-7,9-11H,2,5,8H2. The summed E-state index contributed by atoms with van der Waals surface area (Å²) in [6, 6.07) is 8.61. The molecule has 1 aromatic rings. The van der Waals surface area contributed by atoms with Crippen LogP contribution < -0.4 is 0 Å². The zero-order chi connectivity index (χ0) is 11.4. The van der Waals surface area contributed by atoms with Crippen molar-refractivity contribution in [1.82, 2.24) is 0 Å². The lowest BCUT2D eigenvalue weighted by molar-refractivity contribution is 0.601. The van der Waals surface area contributed by atoms with E-state index < -0.39 is 9.84 Å². The van der Waals surface area contributed by atoms with Gasteiger partial charge in [-0.1, -0.05) is 36.4 Å². The van der Waals surface area contributed by atoms with E-state index in [9.17, 15) is 8.42 Å². The van der Waals surface area contributed by atoms with E-state index in [1.54, 1.807) is 24.3 Å². The Balaban J connectivity index is 2.40. The molecule has 16 heavy (non-hydrogen) atoms. The molecular formula is C13H14O2S. The summed E-state index contributed by atoms with van der Waals surface area (Å²) in [6.07, 6.45) is 8.04. The summed E-state index contributed by atoms with van der Waals surface area (Å²) in [5, 5.41) is 0. The fourth-order valence-corrected chi connectivity index (χ4v) is 3.18. The van der Waals surface area contributed by atoms with Gasteiger partial charge in [-0.05, 0) is 25.0 Å². The normalized spacial score (nSPS) is 16.6. The highest BCUT2D eigenvalue weighted by Gasteiger charge is 2.19. The highest BCUT2D eigenvalue weighted by atomic mass is 32.2. The van der Waals surface area contributed by atoms with Crippen LogP contribution in [0.2, 0.25) is 0 Å². The molecule has 0 unspecified atom stereocenters. The highest BCUT2D eigenvalue weighted by molar-refractivity contribution is 7.95. The third-order valence-corrected chi connectivity index (χ3v) is 4.51. The van der Waals surface area contributed by atoms with Gasteiger partial charge in [-0.25, -0.2) is 8.42 Å². The second-order valence-electron chi connectivity index (χ2n) is 3.74. The molecule has 0 heterocycles. The molecule has 0 radical (unpaired) electrons. The van der Waals surface area contributed by atoms with E-state index in [1.165, 1.54) is 0 Å². The first-order valence-electron chi connectivity index (χ1n) is 5.35. The molecule has 0 spiro atoms. The van der Waals surface area contributed by atoms with Gasteiger partial charge in [-0.15, -0.1) is 0 Å². The van der Waals surface area contributed by atoms with Crippen molar-refractivity contribution in [1.29, 1.82) is 0 Å². The Kier molecular flexibility index (Phi) is 3.25. The van der Waals surface area contributed by atoms with Crippen molar-refractivity contribution < 1.29 is 8.42 Å². The number of rotatable bonds is 2. The van der Waals surface area contributed by atoms with Crippen molar-refractivity contribution in [3.05, 3.63) is 53.5 Å². The Morgan fingerprint density at radius 2 is 1.69 bits per heavy atom. The van der Waals surface area contributed by atoms with E-state index in [1.807, 2.05) is 24.3 Å². The van der Waals surface area contributed by atoms with Gasteiger partial charge in [-0.3, -0.25) is 0 Å². The lowest BCUT2D eigenvalue weighted by Crippen LogP contribution is -2.04. The van der Waals surface area contributed by atoms with Gasteiger partial charge in [0.15, 0.2) is 0 Å². The molecule has 0 N–H and O–H groups in total. The maximum atomic E-state index is 12.2. The van der Waals surface area contributed by atoms with Crippen LogP contribution in [0, 0.1) is 0 Å². The van der Waals surface area contributed by atoms with E-state index >= 15 is 0 Å². The Hall–Kier alpha value is -1.35. The maximum Gasteiger partial charge on any atom is 0.202 e. The lowest BCUT2D eigenvalue weighted by atomic mass is 10.3. The van der Waals surface area contributed by atoms with E-state index in [4.69, 9.17) is 0 Å². The summed E-state index contributed by atoms with van der Waals surface area (Å²) in [5.74, 6) is 0. The number of allylic oxidation sites excluding steroid dienone is 4. The fourth-order valence-electron chi connectivity index (χ4n) is 1.71. The Morgan fingerprint density at radius 1 is 0.938 bits per heavy atom. The van der Waals surface area contributed by atoms with Gasteiger partial charge in [0.05, 0.1) is 4.90 Å². The smallest absolute Gasteiger partial charge is 0.202 e. The predicted molar refractivity (Wildman–Crippen MR) is 64.7 cm³/mol. The molecule has 2 rings (SSSR count). The molecule has 0 fully saturated rings. The van der Waals surface area contributed by atoms with Crippen LogP contribution >= 0.6 is 0 Å². The van der Waals surface area contributed by atoms with Crippen LogP contribution in [0.15, 0.2) is 58.4 Å². The van der Waals surface area contributed by atoms with Crippen molar-refractivity contribution in [2.75, 3.05) is 0 Å². The first kappa shape index (κ1) is 11.1. The summed E-state index contributed by atoms with van der Waals surface area (Å²) >= 11 is 0. The minimum absolute atomic E-state index is 0.386. The molecule has 0 saturated carbocycles. The quantitative estimate of drug-likeness (QED) is 0.737. The van der Waals surface area contributed by atoms with Gasteiger partial charge < -0.3 is 0 Å². The highest BCUT2D eigenvalue weighted by Crippen LogP contribution is 2.24. The van der Waals surface area contributed by atoms with Crippen LogP contribution in [0.5, 0.6) is 0 Å². The van der Waals surface area contributed by atoms with Crippen LogP contribution in [0.1, 0.15) is 19.3 Å². The second kappa shape index (κ2) is 4.66. The zero-order valence-electron chi connectivity index (χ0n) is 8.96. The molecule has 3 heteroatoms. The van der Waals surface area contributed by atoms with Crippen LogP contribution in [-0.4, -0.2) is 8.42 Å². The lowest BCUT2D eigenvalue weighted by Gasteiger charge is -2.06. The molecular weight excluding hydrogens is 220 g/mol. The first-order chi connectivity index (χ1) is 7.71. The van der Waals surface area contributed by atoms with Crippen molar-refractivity contribution >= 4 is 9.84 Å². The number of hydrogen-bond acceptors (Lipinski definition) is 2. The number of benzene rings is 1. The van der Waals surface area contributed by atoms with E-state index in [0.29, 0.717) is 16.2 Å². The first-order valence-corrected chi connectivity index (χ1v) is 6.84. The molecule has 2 nitrogen and oxygen atoms in total. The molecule has 84 valence electrons. The third-order valence-electron chi connectivity index (χ3n) is 2.59. The van der Waals surface area contributed by atoms with Gasteiger partial charge in [0.2, 0.25) is 9.84 Å². The largest absolute Gasteiger partial charge is 0.219 e. The summed E-state index contributed by atoms with van der Waals surface area (Å²) in [7, 11) is -3.28. The van der Waals surface area contributed by atoms with Crippen molar-refractivity contribution in [2.45, 2.75) is 24.2 Å². The SMILES string of the molecule is O=S(=O)(C1=CCCC=CC1)c1ccccc1. The molecule has 0 aromatic heterocycles. The summed E-state index contributed by atoms with van der Waals surface area (Å²) < 4.78 is 24.5. The number of sulfone groups is 1. The van der Waals surface area contributed by atoms with Crippen LogP contribution in [0.25, 0.3) is 0 Å². The van der Waals surface area contributed by atoms with Crippen molar-refractivity contribution in [3.63, 3.8) is 0 Å². The molecule has 0 saturated heterocycles. The number of hydrogen-bond donors (Lipinski definition) is 0. The molecule has 0 atom stereocenters. The molecule has 1 aliphatic rings. The predicted octanol–water partition coefficient (Wildman–Crippen LogP) is 3.08. The molecule has 1 aromatic carbocycles. The minimum Gasteiger partial charge on any atom is -0.219 e. The molecule has 1 aliphatic carbocycles. The summed E-state index contributed by atoms with van der Waals surface area (Å²) in [5.41, 5.74) is 0. The van der Waals surface area contributed by atoms with Gasteiger partial charge in [0.25, 0.3) is 0 Å². The molecule has 0 aliphatic heterocycles. The molecule has 0 bridgehead atoms. The Labute approximate surface area is 96.2 Å². The summed E-state index contributed by atoms with van der Waals surface area (Å²) in [6.45, 7) is 0. The van der Waals surface area contributed by atoms with Crippen LogP contribution in [0.4, 0.5) is 0 Å². The van der Waals surface area contributed by atoms with Gasteiger partial charge in [0.1, 0.15) is 0 Å². The monoisotopic (exact) mass is 234 g/mol. The fraction of sp³-hybridized carbons (Fsp3) is 0.231. The summed E-state index contributed by atoms with van der Waals surface area (Å²) in [4.78, 5) is 0.906. The van der Waals surface area contributed by atoms with Gasteiger partial charge >= 0.3 is 0 Å². The van der Waals surface area contributed by atoms with E-state index in [-0.39, 0.29) is 0 Å². The van der Waals surface area contributed by atoms with Crippen LogP contribution in [0.3, 0.4) is 0 Å². The third kappa shape index (κ3) is 2.25. The van der Waals surface area contributed by atoms with E-state index in [0.717, 1.165) is 12.8 Å². The Morgan fingerprint density at radius 3 is 2.44 bits per heavy atom. The zero-order valence-corrected chi connectivity index (χ0v) is 9.78. The van der Waals surface area contributed by atoms with Gasteiger partial charge in [0, 0.05) is 11.3 Å². The van der Waals surface area contributed by atoms with Crippen molar-refractivity contribution in [3.8, 4) is 0 Å². The van der Waals surface area contributed by atoms with Gasteiger partial charge in [-0.2, -0.15) is 0 Å². The van der Waals surface area contributed by atoms with Crippen LogP contribution in [-0.2, 0) is 9.84 Å². The van der Waals surface area contributed by atoms with E-state index in [2.05, 4.69) is 0 Å².